The zero-order valence-electron chi connectivity index (χ0n) is 7.55. The van der Waals surface area contributed by atoms with Gasteiger partial charge in [-0.25, -0.2) is 0 Å². The molecule has 5 heteroatoms. The zero-order valence-corrected chi connectivity index (χ0v) is 10.9. The van der Waals surface area contributed by atoms with Crippen LogP contribution in [0.3, 0.4) is 0 Å². The molecule has 0 bridgehead atoms. The molecule has 0 aromatic rings. The summed E-state index contributed by atoms with van der Waals surface area (Å²) >= 11 is 0.0435. The van der Waals surface area contributed by atoms with Crippen molar-refractivity contribution in [2.45, 2.75) is 15.5 Å². The summed E-state index contributed by atoms with van der Waals surface area (Å²) in [5.74, 6) is 0. The molecule has 0 amide bonds. The van der Waals surface area contributed by atoms with E-state index in [-0.39, 0.29) is 20.9 Å². The van der Waals surface area contributed by atoms with Crippen LogP contribution < -0.4 is 0 Å². The first-order chi connectivity index (χ1) is 5.24. The summed E-state index contributed by atoms with van der Waals surface area (Å²) in [5.41, 5.74) is 0. The van der Waals surface area contributed by atoms with Crippen molar-refractivity contribution in [3.63, 3.8) is 0 Å². The van der Waals surface area contributed by atoms with Gasteiger partial charge in [0.2, 0.25) is 0 Å². The summed E-state index contributed by atoms with van der Waals surface area (Å²) in [7, 11) is 2.82. The Balaban J connectivity index is 3.84. The predicted octanol–water partition coefficient (Wildman–Crippen LogP) is 0.964. The van der Waals surface area contributed by atoms with E-state index in [2.05, 4.69) is 6.92 Å². The molecule has 0 fully saturated rings. The molecule has 0 aromatic carbocycles. The van der Waals surface area contributed by atoms with E-state index in [1.54, 1.807) is 21.3 Å². The Kier molecular flexibility index (Phi) is 6.92. The summed E-state index contributed by atoms with van der Waals surface area (Å²) in [4.78, 5) is 0. The summed E-state index contributed by atoms with van der Waals surface area (Å²) in [5, 5.41) is 0. The summed E-state index contributed by atoms with van der Waals surface area (Å²) in [6, 6.07) is 0. The van der Waals surface area contributed by atoms with Crippen LogP contribution in [-0.4, -0.2) is 51.1 Å². The molecule has 0 aromatic heterocycles. The van der Waals surface area contributed by atoms with Gasteiger partial charge >= 0.3 is 79.8 Å². The molecule has 0 saturated carbocycles. The second-order valence-corrected chi connectivity index (χ2v) is 10.1. The molecule has 68 valence electrons. The van der Waals surface area contributed by atoms with Gasteiger partial charge in [-0.1, -0.05) is 0 Å². The van der Waals surface area contributed by atoms with Crippen molar-refractivity contribution in [3.05, 3.63) is 0 Å². The van der Waals surface area contributed by atoms with E-state index in [1.165, 1.54) is 4.47 Å². The first-order valence-electron chi connectivity index (χ1n) is 3.48. The molecule has 3 nitrogen and oxygen atoms in total. The number of hydrogen-bond acceptors (Lipinski definition) is 3. The maximum atomic E-state index is 5.27. The SMILES string of the molecule is CC[Te]C[Si](OC)(OC)OC. The Hall–Kier alpha value is 0.886. The molecule has 0 N–H and O–H groups in total. The van der Waals surface area contributed by atoms with Gasteiger partial charge in [-0.05, 0) is 0 Å². The molecule has 0 rings (SSSR count). The van der Waals surface area contributed by atoms with Crippen molar-refractivity contribution in [1.29, 1.82) is 0 Å². The van der Waals surface area contributed by atoms with Gasteiger partial charge in [-0.3, -0.25) is 0 Å². The van der Waals surface area contributed by atoms with Gasteiger partial charge in [0, 0.05) is 0 Å². The molecule has 0 atom stereocenters. The molecule has 0 heterocycles. The number of rotatable bonds is 6. The fourth-order valence-corrected chi connectivity index (χ4v) is 8.88. The van der Waals surface area contributed by atoms with Crippen molar-refractivity contribution in [1.82, 2.24) is 0 Å². The zero-order chi connectivity index (χ0) is 8.74. The van der Waals surface area contributed by atoms with E-state index < -0.39 is 8.80 Å². The Labute approximate surface area is 79.9 Å². The van der Waals surface area contributed by atoms with E-state index in [0.29, 0.717) is 0 Å². The first kappa shape index (κ1) is 11.9. The van der Waals surface area contributed by atoms with Gasteiger partial charge in [0.25, 0.3) is 0 Å². The monoisotopic (exact) mass is 294 g/mol. The summed E-state index contributed by atoms with van der Waals surface area (Å²) in [6.45, 7) is 2.20. The fourth-order valence-electron chi connectivity index (χ4n) is 0.654. The third-order valence-corrected chi connectivity index (χ3v) is 9.78. The van der Waals surface area contributed by atoms with Crippen molar-refractivity contribution in [2.75, 3.05) is 21.3 Å². The first-order valence-corrected chi connectivity index (χ1v) is 8.70. The molecular formula is C6H16O3SiTe. The fraction of sp³-hybridized carbons (Fsp3) is 1.00. The van der Waals surface area contributed by atoms with Crippen molar-refractivity contribution in [3.8, 4) is 0 Å². The third kappa shape index (κ3) is 3.88. The van der Waals surface area contributed by atoms with Crippen LogP contribution in [-0.2, 0) is 13.3 Å². The normalized spacial score (nSPS) is 12.0. The second-order valence-electron chi connectivity index (χ2n) is 1.93. The molecule has 0 spiro atoms. The molecule has 0 unspecified atom stereocenters. The van der Waals surface area contributed by atoms with E-state index in [1.807, 2.05) is 0 Å². The molecule has 0 aliphatic carbocycles. The molecule has 11 heavy (non-hydrogen) atoms. The van der Waals surface area contributed by atoms with Crippen LogP contribution in [0.25, 0.3) is 0 Å². The van der Waals surface area contributed by atoms with Crippen LogP contribution in [0.1, 0.15) is 6.92 Å². The quantitative estimate of drug-likeness (QED) is 0.683. The third-order valence-electron chi connectivity index (χ3n) is 1.42. The summed E-state index contributed by atoms with van der Waals surface area (Å²) < 4.78 is 18.1. The average Bonchev–Trinajstić information content (AvgIpc) is 2.08. The van der Waals surface area contributed by atoms with Crippen LogP contribution in [0.5, 0.6) is 0 Å². The van der Waals surface area contributed by atoms with Crippen LogP contribution >= 0.6 is 0 Å². The van der Waals surface area contributed by atoms with E-state index in [4.69, 9.17) is 13.3 Å². The predicted molar refractivity (Wildman–Crippen MR) is 47.8 cm³/mol. The van der Waals surface area contributed by atoms with Crippen molar-refractivity contribution in [2.24, 2.45) is 0 Å². The Morgan fingerprint density at radius 3 is 1.82 bits per heavy atom. The second kappa shape index (κ2) is 6.41. The molecule has 0 saturated heterocycles. The van der Waals surface area contributed by atoms with Gasteiger partial charge in [-0.2, -0.15) is 0 Å². The molecular weight excluding hydrogens is 276 g/mol. The number of hydrogen-bond donors (Lipinski definition) is 0. The van der Waals surface area contributed by atoms with Gasteiger partial charge < -0.3 is 0 Å². The van der Waals surface area contributed by atoms with Gasteiger partial charge in [-0.15, -0.1) is 0 Å². The Morgan fingerprint density at radius 1 is 1.09 bits per heavy atom. The Morgan fingerprint density at radius 2 is 1.55 bits per heavy atom. The average molecular weight is 292 g/mol. The van der Waals surface area contributed by atoms with E-state index in [9.17, 15) is 0 Å². The molecule has 0 aliphatic rings. The summed E-state index contributed by atoms with van der Waals surface area (Å²) in [6.07, 6.45) is 0. The van der Waals surface area contributed by atoms with Gasteiger partial charge in [0.1, 0.15) is 0 Å². The van der Waals surface area contributed by atoms with Crippen molar-refractivity contribution >= 4 is 29.7 Å². The van der Waals surface area contributed by atoms with E-state index in [0.717, 1.165) is 4.09 Å². The van der Waals surface area contributed by atoms with Crippen LogP contribution in [0.15, 0.2) is 0 Å². The maximum absolute atomic E-state index is 5.27. The van der Waals surface area contributed by atoms with Crippen LogP contribution in [0.2, 0.25) is 8.56 Å². The molecule has 0 radical (unpaired) electrons. The standard InChI is InChI=1S/C6H16O3SiTe/c1-5-11-6-10(7-2,8-3)9-4/h5-6H2,1-4H3. The molecule has 0 aliphatic heterocycles. The van der Waals surface area contributed by atoms with Gasteiger partial charge in [0.05, 0.1) is 0 Å². The van der Waals surface area contributed by atoms with E-state index >= 15 is 0 Å². The minimum absolute atomic E-state index is 0.0435. The van der Waals surface area contributed by atoms with Crippen molar-refractivity contribution < 1.29 is 13.3 Å². The van der Waals surface area contributed by atoms with Gasteiger partial charge in [0.15, 0.2) is 0 Å². The van der Waals surface area contributed by atoms with Crippen LogP contribution in [0.4, 0.5) is 0 Å². The minimum atomic E-state index is -2.18. The van der Waals surface area contributed by atoms with Crippen LogP contribution in [0, 0.1) is 0 Å². The Bertz CT molecular complexity index is 89.6. The topological polar surface area (TPSA) is 27.7 Å².